The maximum Gasteiger partial charge on any atom is 0.0785 e. The molecule has 1 aromatic heterocycles. The lowest BCUT2D eigenvalue weighted by molar-refractivity contribution is 0.539. The van der Waals surface area contributed by atoms with Gasteiger partial charge in [-0.3, -0.25) is 4.68 Å². The second-order valence-electron chi connectivity index (χ2n) is 3.38. The lowest BCUT2D eigenvalue weighted by Crippen LogP contribution is -2.21. The van der Waals surface area contributed by atoms with Crippen molar-refractivity contribution < 1.29 is 0 Å². The van der Waals surface area contributed by atoms with E-state index in [9.17, 15) is 0 Å². The second kappa shape index (κ2) is 6.85. The van der Waals surface area contributed by atoms with Gasteiger partial charge in [-0.05, 0) is 13.0 Å². The fourth-order valence-electron chi connectivity index (χ4n) is 1.28. The van der Waals surface area contributed by atoms with Crippen LogP contribution in [0.1, 0.15) is 26.2 Å². The zero-order chi connectivity index (χ0) is 10.2. The maximum absolute atomic E-state index is 5.74. The van der Waals surface area contributed by atoms with Gasteiger partial charge in [0.1, 0.15) is 0 Å². The van der Waals surface area contributed by atoms with Crippen molar-refractivity contribution in [1.82, 2.24) is 15.1 Å². The van der Waals surface area contributed by atoms with Crippen LogP contribution in [0.4, 0.5) is 0 Å². The molecule has 3 nitrogen and oxygen atoms in total. The van der Waals surface area contributed by atoms with Crippen LogP contribution in [-0.2, 0) is 6.54 Å². The Morgan fingerprint density at radius 1 is 1.43 bits per heavy atom. The molecule has 0 radical (unpaired) electrons. The van der Waals surface area contributed by atoms with E-state index in [-0.39, 0.29) is 0 Å². The van der Waals surface area contributed by atoms with Crippen molar-refractivity contribution in [3.63, 3.8) is 0 Å². The van der Waals surface area contributed by atoms with Gasteiger partial charge in [-0.2, -0.15) is 5.10 Å². The van der Waals surface area contributed by atoms with Gasteiger partial charge in [0.15, 0.2) is 0 Å². The van der Waals surface area contributed by atoms with Crippen LogP contribution in [0, 0.1) is 0 Å². The van der Waals surface area contributed by atoms with Gasteiger partial charge in [-0.25, -0.2) is 0 Å². The quantitative estimate of drug-likeness (QED) is 0.708. The molecular formula is C10H18ClN3. The first-order valence-electron chi connectivity index (χ1n) is 5.21. The number of rotatable bonds is 7. The van der Waals surface area contributed by atoms with Gasteiger partial charge in [0.05, 0.1) is 17.8 Å². The predicted octanol–water partition coefficient (Wildman–Crippen LogP) is 2.32. The Morgan fingerprint density at radius 2 is 2.29 bits per heavy atom. The molecule has 0 fully saturated rings. The molecule has 80 valence electrons. The molecule has 4 heteroatoms. The summed E-state index contributed by atoms with van der Waals surface area (Å²) in [7, 11) is 0. The van der Waals surface area contributed by atoms with Gasteiger partial charge in [0.25, 0.3) is 0 Å². The van der Waals surface area contributed by atoms with E-state index < -0.39 is 0 Å². The SMILES string of the molecule is CCCCCNCCn1cc(Cl)cn1. The smallest absolute Gasteiger partial charge is 0.0785 e. The summed E-state index contributed by atoms with van der Waals surface area (Å²) in [6, 6.07) is 0. The average molecular weight is 216 g/mol. The molecule has 1 aromatic rings. The molecule has 0 atom stereocenters. The van der Waals surface area contributed by atoms with Gasteiger partial charge in [0.2, 0.25) is 0 Å². The number of aromatic nitrogens is 2. The van der Waals surface area contributed by atoms with E-state index in [4.69, 9.17) is 11.6 Å². The molecule has 1 heterocycles. The maximum atomic E-state index is 5.74. The Morgan fingerprint density at radius 3 is 2.93 bits per heavy atom. The molecule has 0 aromatic carbocycles. The van der Waals surface area contributed by atoms with Crippen molar-refractivity contribution in [2.45, 2.75) is 32.7 Å². The van der Waals surface area contributed by atoms with E-state index in [2.05, 4.69) is 17.3 Å². The predicted molar refractivity (Wildman–Crippen MR) is 59.6 cm³/mol. The van der Waals surface area contributed by atoms with E-state index >= 15 is 0 Å². The van der Waals surface area contributed by atoms with Crippen molar-refractivity contribution >= 4 is 11.6 Å². The Bertz CT molecular complexity index is 247. The topological polar surface area (TPSA) is 29.9 Å². The first-order chi connectivity index (χ1) is 6.83. The summed E-state index contributed by atoms with van der Waals surface area (Å²) in [4.78, 5) is 0. The minimum atomic E-state index is 0.705. The van der Waals surface area contributed by atoms with Gasteiger partial charge in [0, 0.05) is 12.7 Å². The van der Waals surface area contributed by atoms with E-state index in [1.807, 2.05) is 10.9 Å². The number of hydrogen-bond acceptors (Lipinski definition) is 2. The molecule has 0 aliphatic rings. The van der Waals surface area contributed by atoms with Gasteiger partial charge < -0.3 is 5.32 Å². The van der Waals surface area contributed by atoms with E-state index in [0.717, 1.165) is 19.6 Å². The summed E-state index contributed by atoms with van der Waals surface area (Å²) in [6.45, 7) is 5.16. The minimum absolute atomic E-state index is 0.705. The number of halogens is 1. The lowest BCUT2D eigenvalue weighted by atomic mass is 10.2. The highest BCUT2D eigenvalue weighted by Gasteiger charge is 1.94. The Hall–Kier alpha value is -0.540. The molecule has 0 aliphatic heterocycles. The third-order valence-corrected chi connectivity index (χ3v) is 2.27. The highest BCUT2D eigenvalue weighted by molar-refractivity contribution is 6.30. The van der Waals surface area contributed by atoms with Crippen molar-refractivity contribution in [3.8, 4) is 0 Å². The minimum Gasteiger partial charge on any atom is -0.315 e. The van der Waals surface area contributed by atoms with Crippen LogP contribution in [0.25, 0.3) is 0 Å². The zero-order valence-corrected chi connectivity index (χ0v) is 9.43. The first-order valence-corrected chi connectivity index (χ1v) is 5.59. The number of hydrogen-bond donors (Lipinski definition) is 1. The second-order valence-corrected chi connectivity index (χ2v) is 3.82. The molecule has 0 saturated carbocycles. The normalized spacial score (nSPS) is 10.7. The Balaban J connectivity index is 1.99. The average Bonchev–Trinajstić information content (AvgIpc) is 2.58. The number of nitrogens with one attached hydrogen (secondary N) is 1. The van der Waals surface area contributed by atoms with E-state index in [0.29, 0.717) is 5.02 Å². The zero-order valence-electron chi connectivity index (χ0n) is 8.67. The van der Waals surface area contributed by atoms with Crippen molar-refractivity contribution in [3.05, 3.63) is 17.4 Å². The summed E-state index contributed by atoms with van der Waals surface area (Å²) in [5.41, 5.74) is 0. The standard InChI is InChI=1S/C10H18ClN3/c1-2-3-4-5-12-6-7-14-9-10(11)8-13-14/h8-9,12H,2-7H2,1H3. The Kier molecular flexibility index (Phi) is 5.64. The highest BCUT2D eigenvalue weighted by atomic mass is 35.5. The van der Waals surface area contributed by atoms with Crippen LogP contribution in [-0.4, -0.2) is 22.9 Å². The van der Waals surface area contributed by atoms with Crippen molar-refractivity contribution in [2.24, 2.45) is 0 Å². The van der Waals surface area contributed by atoms with Crippen molar-refractivity contribution in [2.75, 3.05) is 13.1 Å². The monoisotopic (exact) mass is 215 g/mol. The fourth-order valence-corrected chi connectivity index (χ4v) is 1.44. The molecule has 0 unspecified atom stereocenters. The number of nitrogens with zero attached hydrogens (tertiary/aromatic N) is 2. The Labute approximate surface area is 90.4 Å². The fraction of sp³-hybridized carbons (Fsp3) is 0.700. The van der Waals surface area contributed by atoms with Crippen LogP contribution in [0.5, 0.6) is 0 Å². The van der Waals surface area contributed by atoms with E-state index in [1.165, 1.54) is 19.3 Å². The van der Waals surface area contributed by atoms with Crippen LogP contribution in [0.2, 0.25) is 5.02 Å². The molecule has 1 rings (SSSR count). The molecule has 0 amide bonds. The molecule has 0 spiro atoms. The molecule has 14 heavy (non-hydrogen) atoms. The largest absolute Gasteiger partial charge is 0.315 e. The van der Waals surface area contributed by atoms with Gasteiger partial charge in [-0.15, -0.1) is 0 Å². The van der Waals surface area contributed by atoms with Crippen LogP contribution in [0.15, 0.2) is 12.4 Å². The summed E-state index contributed by atoms with van der Waals surface area (Å²) in [5, 5.41) is 8.17. The van der Waals surface area contributed by atoms with Crippen molar-refractivity contribution in [1.29, 1.82) is 0 Å². The molecule has 0 bridgehead atoms. The molecule has 0 saturated heterocycles. The van der Waals surface area contributed by atoms with Crippen LogP contribution >= 0.6 is 11.6 Å². The third kappa shape index (κ3) is 4.63. The molecular weight excluding hydrogens is 198 g/mol. The summed E-state index contributed by atoms with van der Waals surface area (Å²) < 4.78 is 1.86. The lowest BCUT2D eigenvalue weighted by Gasteiger charge is -2.03. The summed E-state index contributed by atoms with van der Waals surface area (Å²) in [5.74, 6) is 0. The van der Waals surface area contributed by atoms with Crippen LogP contribution < -0.4 is 5.32 Å². The first kappa shape index (κ1) is 11.5. The summed E-state index contributed by atoms with van der Waals surface area (Å²) in [6.07, 6.45) is 7.35. The van der Waals surface area contributed by atoms with Gasteiger partial charge in [-0.1, -0.05) is 31.4 Å². The van der Waals surface area contributed by atoms with Gasteiger partial charge >= 0.3 is 0 Å². The molecule has 1 N–H and O–H groups in total. The summed E-state index contributed by atoms with van der Waals surface area (Å²) >= 11 is 5.74. The van der Waals surface area contributed by atoms with Crippen LogP contribution in [0.3, 0.4) is 0 Å². The van der Waals surface area contributed by atoms with E-state index in [1.54, 1.807) is 6.20 Å². The third-order valence-electron chi connectivity index (χ3n) is 2.08. The molecule has 0 aliphatic carbocycles. The highest BCUT2D eigenvalue weighted by Crippen LogP contribution is 2.03. The number of unbranched alkanes of at least 4 members (excludes halogenated alkanes) is 2.